The minimum Gasteiger partial charge on any atom is -0.394 e. The second-order valence-electron chi connectivity index (χ2n) is 1.80. The molecule has 52 valence electrons. The fraction of sp³-hybridized carbons (Fsp3) is 0.500. The van der Waals surface area contributed by atoms with Gasteiger partial charge in [0.15, 0.2) is 0 Å². The maximum Gasteiger partial charge on any atom is 0.243 e. The van der Waals surface area contributed by atoms with Crippen LogP contribution < -0.4 is 5.32 Å². The van der Waals surface area contributed by atoms with Crippen molar-refractivity contribution in [2.45, 2.75) is 13.0 Å². The van der Waals surface area contributed by atoms with Gasteiger partial charge in [-0.2, -0.15) is 0 Å². The summed E-state index contributed by atoms with van der Waals surface area (Å²) in [5.41, 5.74) is 0. The van der Waals surface area contributed by atoms with Gasteiger partial charge in [0.1, 0.15) is 0 Å². The number of aliphatic hydroxyl groups excluding tert-OH is 1. The minimum atomic E-state index is -0.253. The van der Waals surface area contributed by atoms with Crippen molar-refractivity contribution in [3.05, 3.63) is 12.7 Å². The summed E-state index contributed by atoms with van der Waals surface area (Å²) in [6.07, 6.45) is 1.17. The van der Waals surface area contributed by atoms with Crippen molar-refractivity contribution in [2.24, 2.45) is 0 Å². The van der Waals surface area contributed by atoms with E-state index in [-0.39, 0.29) is 18.6 Å². The standard InChI is InChI=1S/C6H11NO2/c1-3-6(9)7-5(2)4-8/h3,5,8H,1,4H2,2H3,(H,7,9)/t5-/m1/s1. The van der Waals surface area contributed by atoms with Gasteiger partial charge in [0.25, 0.3) is 0 Å². The fourth-order valence-electron chi connectivity index (χ4n) is 0.347. The average Bonchev–Trinajstić information content (AvgIpc) is 1.87. The Hall–Kier alpha value is -0.830. The number of rotatable bonds is 3. The van der Waals surface area contributed by atoms with E-state index in [4.69, 9.17) is 5.11 Å². The second kappa shape index (κ2) is 4.09. The average molecular weight is 129 g/mol. The molecule has 0 heterocycles. The third-order valence-electron chi connectivity index (χ3n) is 0.848. The first kappa shape index (κ1) is 8.17. The Morgan fingerprint density at radius 3 is 2.89 bits per heavy atom. The third kappa shape index (κ3) is 3.73. The first-order valence-corrected chi connectivity index (χ1v) is 2.74. The topological polar surface area (TPSA) is 49.3 Å². The number of aliphatic hydroxyl groups is 1. The van der Waals surface area contributed by atoms with Gasteiger partial charge in [-0.15, -0.1) is 0 Å². The lowest BCUT2D eigenvalue weighted by molar-refractivity contribution is -0.117. The van der Waals surface area contributed by atoms with Crippen molar-refractivity contribution in [1.82, 2.24) is 5.32 Å². The van der Waals surface area contributed by atoms with Gasteiger partial charge in [-0.25, -0.2) is 0 Å². The van der Waals surface area contributed by atoms with Crippen LogP contribution in [-0.2, 0) is 4.79 Å². The predicted molar refractivity (Wildman–Crippen MR) is 34.9 cm³/mol. The molecule has 0 radical (unpaired) electrons. The van der Waals surface area contributed by atoms with Crippen molar-refractivity contribution in [3.63, 3.8) is 0 Å². The van der Waals surface area contributed by atoms with Crippen molar-refractivity contribution in [1.29, 1.82) is 0 Å². The quantitative estimate of drug-likeness (QED) is 0.512. The number of amides is 1. The molecule has 3 nitrogen and oxygen atoms in total. The number of hydrogen-bond acceptors (Lipinski definition) is 2. The molecule has 0 rings (SSSR count). The Bertz CT molecular complexity index is 112. The molecule has 0 saturated carbocycles. The summed E-state index contributed by atoms with van der Waals surface area (Å²) in [6.45, 7) is 4.92. The summed E-state index contributed by atoms with van der Waals surface area (Å²) in [4.78, 5) is 10.4. The van der Waals surface area contributed by atoms with Crippen LogP contribution in [-0.4, -0.2) is 23.7 Å². The van der Waals surface area contributed by atoms with Gasteiger partial charge < -0.3 is 10.4 Å². The molecule has 1 amide bonds. The van der Waals surface area contributed by atoms with Crippen LogP contribution in [0.4, 0.5) is 0 Å². The van der Waals surface area contributed by atoms with E-state index >= 15 is 0 Å². The summed E-state index contributed by atoms with van der Waals surface area (Å²) in [6, 6.07) is -0.185. The van der Waals surface area contributed by atoms with Crippen LogP contribution in [0.1, 0.15) is 6.92 Å². The van der Waals surface area contributed by atoms with Crippen molar-refractivity contribution >= 4 is 5.91 Å². The highest BCUT2D eigenvalue weighted by atomic mass is 16.3. The second-order valence-corrected chi connectivity index (χ2v) is 1.80. The zero-order valence-corrected chi connectivity index (χ0v) is 5.42. The Labute approximate surface area is 54.4 Å². The monoisotopic (exact) mass is 129 g/mol. The van der Waals surface area contributed by atoms with E-state index < -0.39 is 0 Å². The lowest BCUT2D eigenvalue weighted by atomic mass is 10.3. The number of hydrogen-bond donors (Lipinski definition) is 2. The van der Waals surface area contributed by atoms with Crippen molar-refractivity contribution in [3.8, 4) is 0 Å². The molecule has 0 bridgehead atoms. The van der Waals surface area contributed by atoms with Crippen LogP contribution >= 0.6 is 0 Å². The first-order chi connectivity index (χ1) is 4.20. The lowest BCUT2D eigenvalue weighted by Crippen LogP contribution is -2.33. The highest BCUT2D eigenvalue weighted by molar-refractivity contribution is 5.87. The summed E-state index contributed by atoms with van der Waals surface area (Å²) in [7, 11) is 0. The number of nitrogens with one attached hydrogen (secondary N) is 1. The Kier molecular flexibility index (Phi) is 3.71. The van der Waals surface area contributed by atoms with Gasteiger partial charge in [0.05, 0.1) is 6.61 Å². The molecule has 0 saturated heterocycles. The van der Waals surface area contributed by atoms with E-state index in [2.05, 4.69) is 11.9 Å². The zero-order chi connectivity index (χ0) is 7.28. The summed E-state index contributed by atoms with van der Waals surface area (Å²) in [5, 5.41) is 10.9. The summed E-state index contributed by atoms with van der Waals surface area (Å²) >= 11 is 0. The largest absolute Gasteiger partial charge is 0.394 e. The van der Waals surface area contributed by atoms with E-state index in [0.717, 1.165) is 0 Å². The van der Waals surface area contributed by atoms with Crippen LogP contribution in [0.15, 0.2) is 12.7 Å². The van der Waals surface area contributed by atoms with Crippen molar-refractivity contribution < 1.29 is 9.90 Å². The molecule has 0 aromatic carbocycles. The minimum absolute atomic E-state index is 0.0421. The molecule has 0 aromatic heterocycles. The van der Waals surface area contributed by atoms with Crippen molar-refractivity contribution in [2.75, 3.05) is 6.61 Å². The maximum atomic E-state index is 10.4. The van der Waals surface area contributed by atoms with Gasteiger partial charge in [-0.3, -0.25) is 4.79 Å². The van der Waals surface area contributed by atoms with Crippen LogP contribution in [0, 0.1) is 0 Å². The van der Waals surface area contributed by atoms with Gasteiger partial charge in [-0.1, -0.05) is 6.58 Å². The van der Waals surface area contributed by atoms with Crippen LogP contribution in [0.3, 0.4) is 0 Å². The molecule has 0 aliphatic carbocycles. The first-order valence-electron chi connectivity index (χ1n) is 2.74. The Morgan fingerprint density at radius 1 is 2.00 bits per heavy atom. The van der Waals surface area contributed by atoms with E-state index in [0.29, 0.717) is 0 Å². The highest BCUT2D eigenvalue weighted by Crippen LogP contribution is 1.77. The Balaban J connectivity index is 3.46. The molecule has 2 N–H and O–H groups in total. The molecule has 0 aliphatic rings. The maximum absolute atomic E-state index is 10.4. The van der Waals surface area contributed by atoms with Gasteiger partial charge in [0, 0.05) is 6.04 Å². The van der Waals surface area contributed by atoms with Crippen LogP contribution in [0.2, 0.25) is 0 Å². The molecule has 0 aromatic rings. The smallest absolute Gasteiger partial charge is 0.243 e. The van der Waals surface area contributed by atoms with Gasteiger partial charge in [-0.05, 0) is 13.0 Å². The molecule has 0 unspecified atom stereocenters. The third-order valence-corrected chi connectivity index (χ3v) is 0.848. The molecule has 0 fully saturated rings. The molecular formula is C6H11NO2. The fourth-order valence-corrected chi connectivity index (χ4v) is 0.347. The lowest BCUT2D eigenvalue weighted by Gasteiger charge is -2.06. The molecule has 1 atom stereocenters. The normalized spacial score (nSPS) is 12.2. The molecular weight excluding hydrogens is 118 g/mol. The van der Waals surface area contributed by atoms with Gasteiger partial charge in [0.2, 0.25) is 5.91 Å². The predicted octanol–water partition coefficient (Wildman–Crippen LogP) is -0.331. The van der Waals surface area contributed by atoms with E-state index in [1.807, 2.05) is 0 Å². The van der Waals surface area contributed by atoms with E-state index in [1.165, 1.54) is 6.08 Å². The zero-order valence-electron chi connectivity index (χ0n) is 5.42. The highest BCUT2D eigenvalue weighted by Gasteiger charge is 1.99. The summed E-state index contributed by atoms with van der Waals surface area (Å²) in [5.74, 6) is -0.253. The Morgan fingerprint density at radius 2 is 2.56 bits per heavy atom. The van der Waals surface area contributed by atoms with Crippen LogP contribution in [0.5, 0.6) is 0 Å². The van der Waals surface area contributed by atoms with Crippen LogP contribution in [0.25, 0.3) is 0 Å². The number of carbonyl (C=O) groups excluding carboxylic acids is 1. The number of carbonyl (C=O) groups is 1. The SMILES string of the molecule is C=CC(=O)N[C@H](C)CO. The summed E-state index contributed by atoms with van der Waals surface area (Å²) < 4.78 is 0. The molecule has 3 heteroatoms. The van der Waals surface area contributed by atoms with E-state index in [9.17, 15) is 4.79 Å². The molecule has 9 heavy (non-hydrogen) atoms. The van der Waals surface area contributed by atoms with Gasteiger partial charge >= 0.3 is 0 Å². The molecule has 0 aliphatic heterocycles. The van der Waals surface area contributed by atoms with E-state index in [1.54, 1.807) is 6.92 Å². The molecule has 0 spiro atoms.